The fourth-order valence-electron chi connectivity index (χ4n) is 3.50. The van der Waals surface area contributed by atoms with Gasteiger partial charge in [0.2, 0.25) is 0 Å². The van der Waals surface area contributed by atoms with Gasteiger partial charge in [0.15, 0.2) is 0 Å². The Bertz CT molecular complexity index is 584. The van der Waals surface area contributed by atoms with Gasteiger partial charge in [-0.3, -0.25) is 0 Å². The summed E-state index contributed by atoms with van der Waals surface area (Å²) >= 11 is 0. The van der Waals surface area contributed by atoms with Crippen LogP contribution >= 0.6 is 0 Å². The van der Waals surface area contributed by atoms with E-state index in [1.165, 1.54) is 34.9 Å². The minimum absolute atomic E-state index is 1.16. The SMILES string of the molecule is CC[Si](CC)(CC)c1cc(C)c(Nc2ccccc2)c(C)c1. The topological polar surface area (TPSA) is 12.0 Å². The molecule has 0 fully saturated rings. The summed E-state index contributed by atoms with van der Waals surface area (Å²) in [6.07, 6.45) is 0. The fourth-order valence-corrected chi connectivity index (χ4v) is 7.27. The Morgan fingerprint density at radius 1 is 0.818 bits per heavy atom. The zero-order valence-corrected chi connectivity index (χ0v) is 15.7. The van der Waals surface area contributed by atoms with Gasteiger partial charge < -0.3 is 5.32 Å². The average molecular weight is 312 g/mol. The van der Waals surface area contributed by atoms with Crippen LogP contribution < -0.4 is 10.5 Å². The zero-order chi connectivity index (χ0) is 16.2. The third kappa shape index (κ3) is 3.27. The number of hydrogen-bond donors (Lipinski definition) is 1. The first-order valence-electron chi connectivity index (χ1n) is 8.50. The van der Waals surface area contributed by atoms with E-state index >= 15 is 0 Å². The molecule has 22 heavy (non-hydrogen) atoms. The van der Waals surface area contributed by atoms with Crippen LogP contribution in [-0.4, -0.2) is 8.07 Å². The number of rotatable bonds is 6. The van der Waals surface area contributed by atoms with Gasteiger partial charge in [0, 0.05) is 11.4 Å². The second-order valence-corrected chi connectivity index (χ2v) is 11.6. The molecule has 0 aromatic heterocycles. The Kier molecular flexibility index (Phi) is 5.46. The van der Waals surface area contributed by atoms with Gasteiger partial charge in [-0.25, -0.2) is 0 Å². The maximum atomic E-state index is 3.59. The van der Waals surface area contributed by atoms with Crippen molar-refractivity contribution in [1.29, 1.82) is 0 Å². The highest BCUT2D eigenvalue weighted by Gasteiger charge is 2.29. The van der Waals surface area contributed by atoms with Gasteiger partial charge in [-0.2, -0.15) is 0 Å². The minimum Gasteiger partial charge on any atom is -0.355 e. The van der Waals surface area contributed by atoms with E-state index in [2.05, 4.69) is 82.4 Å². The minimum atomic E-state index is -1.30. The molecule has 0 unspecified atom stereocenters. The molecule has 1 N–H and O–H groups in total. The lowest BCUT2D eigenvalue weighted by atomic mass is 10.1. The summed E-state index contributed by atoms with van der Waals surface area (Å²) in [7, 11) is -1.30. The van der Waals surface area contributed by atoms with Crippen molar-refractivity contribution < 1.29 is 0 Å². The number of hydrogen-bond acceptors (Lipinski definition) is 1. The van der Waals surface area contributed by atoms with Crippen LogP contribution in [0.3, 0.4) is 0 Å². The Balaban J connectivity index is 2.41. The molecule has 118 valence electrons. The molecule has 2 aromatic rings. The van der Waals surface area contributed by atoms with Crippen molar-refractivity contribution in [2.45, 2.75) is 52.8 Å². The quantitative estimate of drug-likeness (QED) is 0.668. The molecular formula is C20H29NSi. The second-order valence-electron chi connectivity index (χ2n) is 6.32. The van der Waals surface area contributed by atoms with Crippen molar-refractivity contribution >= 4 is 24.6 Å². The van der Waals surface area contributed by atoms with Crippen molar-refractivity contribution in [3.63, 3.8) is 0 Å². The van der Waals surface area contributed by atoms with Crippen LogP contribution in [0.5, 0.6) is 0 Å². The lowest BCUT2D eigenvalue weighted by Gasteiger charge is -2.30. The van der Waals surface area contributed by atoms with Crippen LogP contribution in [0.2, 0.25) is 18.1 Å². The van der Waals surface area contributed by atoms with Gasteiger partial charge in [-0.1, -0.05) is 74.4 Å². The first-order valence-corrected chi connectivity index (χ1v) is 11.1. The molecule has 0 spiro atoms. The van der Waals surface area contributed by atoms with Crippen LogP contribution in [0.15, 0.2) is 42.5 Å². The van der Waals surface area contributed by atoms with E-state index in [0.29, 0.717) is 0 Å². The summed E-state index contributed by atoms with van der Waals surface area (Å²) in [5, 5.41) is 5.22. The predicted molar refractivity (Wildman–Crippen MR) is 102 cm³/mol. The lowest BCUT2D eigenvalue weighted by molar-refractivity contribution is 1.19. The Morgan fingerprint density at radius 2 is 1.32 bits per heavy atom. The van der Waals surface area contributed by atoms with E-state index in [9.17, 15) is 0 Å². The smallest absolute Gasteiger partial charge is 0.0859 e. The Hall–Kier alpha value is -1.54. The second kappa shape index (κ2) is 7.15. The van der Waals surface area contributed by atoms with Crippen molar-refractivity contribution in [1.82, 2.24) is 0 Å². The van der Waals surface area contributed by atoms with E-state index < -0.39 is 8.07 Å². The molecule has 2 heteroatoms. The Morgan fingerprint density at radius 3 is 1.77 bits per heavy atom. The standard InChI is InChI=1S/C20H29NSi/c1-6-22(7-2,8-3)19-14-16(4)20(17(5)15-19)21-18-12-10-9-11-13-18/h9-15,21H,6-8H2,1-5H3. The molecule has 0 heterocycles. The number of nitrogens with one attached hydrogen (secondary N) is 1. The summed E-state index contributed by atoms with van der Waals surface area (Å²) in [4.78, 5) is 0. The third-order valence-corrected chi connectivity index (χ3v) is 10.8. The molecule has 0 saturated carbocycles. The monoisotopic (exact) mass is 311 g/mol. The van der Waals surface area contributed by atoms with E-state index in [-0.39, 0.29) is 0 Å². The molecule has 0 bridgehead atoms. The molecule has 0 aliphatic heterocycles. The first-order chi connectivity index (χ1) is 10.6. The van der Waals surface area contributed by atoms with Crippen molar-refractivity contribution in [2.75, 3.05) is 5.32 Å². The molecule has 0 saturated heterocycles. The summed E-state index contributed by atoms with van der Waals surface area (Å²) in [6, 6.07) is 19.3. The summed E-state index contributed by atoms with van der Waals surface area (Å²) < 4.78 is 0. The summed E-state index contributed by atoms with van der Waals surface area (Å²) in [6.45, 7) is 11.6. The molecule has 0 radical (unpaired) electrons. The van der Waals surface area contributed by atoms with Crippen LogP contribution in [0.25, 0.3) is 0 Å². The molecule has 2 aromatic carbocycles. The van der Waals surface area contributed by atoms with Gasteiger partial charge in [0.25, 0.3) is 0 Å². The molecule has 0 amide bonds. The average Bonchev–Trinajstić information content (AvgIpc) is 2.54. The lowest BCUT2D eigenvalue weighted by Crippen LogP contribution is -2.46. The molecule has 1 nitrogen and oxygen atoms in total. The van der Waals surface area contributed by atoms with E-state index in [1.54, 1.807) is 5.19 Å². The molecule has 2 rings (SSSR count). The van der Waals surface area contributed by atoms with E-state index in [4.69, 9.17) is 0 Å². The highest BCUT2D eigenvalue weighted by atomic mass is 28.3. The summed E-state index contributed by atoms with van der Waals surface area (Å²) in [5.74, 6) is 0. The normalized spacial score (nSPS) is 11.5. The van der Waals surface area contributed by atoms with Crippen LogP contribution in [0.1, 0.15) is 31.9 Å². The third-order valence-electron chi connectivity index (χ3n) is 5.22. The molecule has 0 atom stereocenters. The number of para-hydroxylation sites is 1. The van der Waals surface area contributed by atoms with Gasteiger partial charge in [0.05, 0.1) is 8.07 Å². The first kappa shape index (κ1) is 16.8. The number of anilines is 2. The van der Waals surface area contributed by atoms with Gasteiger partial charge >= 0.3 is 0 Å². The van der Waals surface area contributed by atoms with Crippen LogP contribution in [0.4, 0.5) is 11.4 Å². The van der Waals surface area contributed by atoms with Crippen molar-refractivity contribution in [3.05, 3.63) is 53.6 Å². The van der Waals surface area contributed by atoms with Crippen LogP contribution in [0, 0.1) is 13.8 Å². The van der Waals surface area contributed by atoms with Crippen molar-refractivity contribution in [3.8, 4) is 0 Å². The number of aryl methyl sites for hydroxylation is 2. The highest BCUT2D eigenvalue weighted by Crippen LogP contribution is 2.27. The van der Waals surface area contributed by atoms with Gasteiger partial charge in [-0.05, 0) is 37.1 Å². The van der Waals surface area contributed by atoms with E-state index in [0.717, 1.165) is 5.69 Å². The maximum Gasteiger partial charge on any atom is 0.0859 e. The van der Waals surface area contributed by atoms with Gasteiger partial charge in [-0.15, -0.1) is 0 Å². The Labute approximate surface area is 136 Å². The summed E-state index contributed by atoms with van der Waals surface area (Å²) in [5.41, 5.74) is 5.16. The molecule has 0 aliphatic carbocycles. The zero-order valence-electron chi connectivity index (χ0n) is 14.7. The maximum absolute atomic E-state index is 3.59. The fraction of sp³-hybridized carbons (Fsp3) is 0.400. The predicted octanol–water partition coefficient (Wildman–Crippen LogP) is 5.76. The molecule has 0 aliphatic rings. The highest BCUT2D eigenvalue weighted by molar-refractivity contribution is 6.91. The van der Waals surface area contributed by atoms with Crippen molar-refractivity contribution in [2.24, 2.45) is 0 Å². The number of benzene rings is 2. The van der Waals surface area contributed by atoms with Gasteiger partial charge in [0.1, 0.15) is 0 Å². The largest absolute Gasteiger partial charge is 0.355 e. The molecular weight excluding hydrogens is 282 g/mol. The van der Waals surface area contributed by atoms with E-state index in [1.807, 2.05) is 0 Å². The van der Waals surface area contributed by atoms with Crippen LogP contribution in [-0.2, 0) is 0 Å².